The van der Waals surface area contributed by atoms with Crippen LogP contribution in [-0.4, -0.2) is 17.5 Å². The number of benzene rings is 1. The number of aliphatic imine (C=N–C) groups is 1. The van der Waals surface area contributed by atoms with Crippen molar-refractivity contribution in [3.05, 3.63) is 29.3 Å². The number of halogens is 1. The lowest BCUT2D eigenvalue weighted by Gasteiger charge is -2.20. The second kappa shape index (κ2) is 5.53. The Bertz CT molecular complexity index is 487. The molecule has 0 fully saturated rings. The monoisotopic (exact) mass is 266 g/mol. The molecule has 0 radical (unpaired) electrons. The Balaban J connectivity index is 3.38. The molecule has 0 amide bonds. The van der Waals surface area contributed by atoms with Crippen molar-refractivity contribution in [1.82, 2.24) is 0 Å². The Hall–Kier alpha value is -1.35. The Kier molecular flexibility index (Phi) is 4.52. The van der Waals surface area contributed by atoms with Gasteiger partial charge in [0.25, 0.3) is 0 Å². The number of Topliss-reactive ketones (excluding diaryl/α,β-unsaturated/α-hetero) is 1. The van der Waals surface area contributed by atoms with Crippen molar-refractivity contribution in [2.24, 2.45) is 10.7 Å². The number of amidine groups is 1. The van der Waals surface area contributed by atoms with Crippen LogP contribution in [0.5, 0.6) is 0 Å². The molecule has 98 valence electrons. The molecule has 0 aliphatic carbocycles. The van der Waals surface area contributed by atoms with E-state index in [1.807, 2.05) is 12.1 Å². The highest BCUT2D eigenvalue weighted by Gasteiger charge is 2.16. The van der Waals surface area contributed by atoms with Crippen LogP contribution >= 0.6 is 11.6 Å². The lowest BCUT2D eigenvalue weighted by Crippen LogP contribution is -2.14. The van der Waals surface area contributed by atoms with Crippen LogP contribution in [-0.2, 0) is 5.41 Å². The first-order valence-electron chi connectivity index (χ1n) is 5.80. The van der Waals surface area contributed by atoms with Crippen LogP contribution in [0.3, 0.4) is 0 Å². The highest BCUT2D eigenvalue weighted by atomic mass is 35.5. The maximum absolute atomic E-state index is 11.6. The van der Waals surface area contributed by atoms with Gasteiger partial charge in [-0.25, -0.2) is 4.99 Å². The minimum atomic E-state index is -0.0309. The highest BCUT2D eigenvalue weighted by Crippen LogP contribution is 2.29. The normalized spacial score (nSPS) is 12.6. The molecule has 1 aromatic rings. The summed E-state index contributed by atoms with van der Waals surface area (Å²) >= 11 is 5.62. The van der Waals surface area contributed by atoms with Crippen molar-refractivity contribution in [2.45, 2.75) is 33.1 Å². The predicted molar refractivity (Wildman–Crippen MR) is 77.1 cm³/mol. The summed E-state index contributed by atoms with van der Waals surface area (Å²) in [4.78, 5) is 15.8. The zero-order valence-electron chi connectivity index (χ0n) is 11.2. The van der Waals surface area contributed by atoms with Crippen LogP contribution in [0, 0.1) is 0 Å². The second-order valence-electron chi connectivity index (χ2n) is 5.27. The van der Waals surface area contributed by atoms with E-state index in [4.69, 9.17) is 17.3 Å². The molecule has 0 spiro atoms. The van der Waals surface area contributed by atoms with Gasteiger partial charge in [-0.1, -0.05) is 26.8 Å². The fraction of sp³-hybridized carbons (Fsp3) is 0.429. The van der Waals surface area contributed by atoms with E-state index in [9.17, 15) is 4.79 Å². The molecule has 0 saturated carbocycles. The molecular weight excluding hydrogens is 248 g/mol. The first-order chi connectivity index (χ1) is 8.25. The van der Waals surface area contributed by atoms with Crippen molar-refractivity contribution >= 4 is 28.9 Å². The van der Waals surface area contributed by atoms with Gasteiger partial charge in [0.2, 0.25) is 0 Å². The Morgan fingerprint density at radius 2 is 2.00 bits per heavy atom. The summed E-state index contributed by atoms with van der Waals surface area (Å²) in [5.74, 6) is 0.429. The number of carbonyl (C=O) groups excluding carboxylic acids is 1. The first kappa shape index (κ1) is 14.7. The molecule has 4 heteroatoms. The van der Waals surface area contributed by atoms with Crippen LogP contribution in [0.15, 0.2) is 23.2 Å². The third kappa shape index (κ3) is 3.57. The van der Waals surface area contributed by atoms with E-state index in [2.05, 4.69) is 25.8 Å². The van der Waals surface area contributed by atoms with Gasteiger partial charge in [0.15, 0.2) is 5.78 Å². The minimum absolute atomic E-state index is 0.00465. The maximum Gasteiger partial charge on any atom is 0.161 e. The van der Waals surface area contributed by atoms with Crippen molar-refractivity contribution in [2.75, 3.05) is 5.88 Å². The third-order valence-electron chi connectivity index (χ3n) is 2.64. The van der Waals surface area contributed by atoms with E-state index >= 15 is 0 Å². The summed E-state index contributed by atoms with van der Waals surface area (Å²) in [6, 6.07) is 5.64. The Labute approximate surface area is 113 Å². The van der Waals surface area contributed by atoms with E-state index in [1.165, 1.54) is 6.92 Å². The van der Waals surface area contributed by atoms with Crippen molar-refractivity contribution in [3.8, 4) is 0 Å². The van der Waals surface area contributed by atoms with Crippen LogP contribution < -0.4 is 5.73 Å². The molecule has 18 heavy (non-hydrogen) atoms. The summed E-state index contributed by atoms with van der Waals surface area (Å²) in [5, 5.41) is 0. The van der Waals surface area contributed by atoms with Gasteiger partial charge < -0.3 is 5.73 Å². The number of rotatable bonds is 3. The van der Waals surface area contributed by atoms with Gasteiger partial charge in [-0.05, 0) is 30.0 Å². The van der Waals surface area contributed by atoms with E-state index in [-0.39, 0.29) is 17.1 Å². The average molecular weight is 267 g/mol. The van der Waals surface area contributed by atoms with E-state index in [0.717, 1.165) is 5.56 Å². The third-order valence-corrected chi connectivity index (χ3v) is 2.92. The largest absolute Gasteiger partial charge is 0.386 e. The van der Waals surface area contributed by atoms with Crippen LogP contribution in [0.1, 0.15) is 43.6 Å². The van der Waals surface area contributed by atoms with Crippen molar-refractivity contribution in [3.63, 3.8) is 0 Å². The molecule has 0 heterocycles. The van der Waals surface area contributed by atoms with E-state index < -0.39 is 0 Å². The molecule has 0 saturated heterocycles. The number of hydrogen-bond donors (Lipinski definition) is 1. The number of carbonyl (C=O) groups is 1. The quantitative estimate of drug-likeness (QED) is 0.394. The standard InChI is InChI=1S/C14H19ClN2O/c1-9(18)11-6-5-10(14(2,3)4)7-12(11)17-13(16)8-15/h5-7H,8H2,1-4H3,(H2,16,17). The van der Waals surface area contributed by atoms with E-state index in [1.54, 1.807) is 6.07 Å². The molecule has 0 aliphatic heterocycles. The maximum atomic E-state index is 11.6. The van der Waals surface area contributed by atoms with Crippen molar-refractivity contribution < 1.29 is 4.79 Å². The Morgan fingerprint density at radius 1 is 1.39 bits per heavy atom. The van der Waals surface area contributed by atoms with Gasteiger partial charge in [0, 0.05) is 5.56 Å². The Morgan fingerprint density at radius 3 is 2.44 bits per heavy atom. The number of ketones is 1. The van der Waals surface area contributed by atoms with Gasteiger partial charge in [0.05, 0.1) is 11.6 Å². The van der Waals surface area contributed by atoms with Crippen LogP contribution in [0.25, 0.3) is 0 Å². The molecule has 2 N–H and O–H groups in total. The second-order valence-corrected chi connectivity index (χ2v) is 5.54. The summed E-state index contributed by atoms with van der Waals surface area (Å²) in [7, 11) is 0. The number of hydrogen-bond acceptors (Lipinski definition) is 2. The zero-order valence-corrected chi connectivity index (χ0v) is 12.0. The number of alkyl halides is 1. The predicted octanol–water partition coefficient (Wildman–Crippen LogP) is 3.41. The average Bonchev–Trinajstić information content (AvgIpc) is 2.27. The van der Waals surface area contributed by atoms with Gasteiger partial charge >= 0.3 is 0 Å². The van der Waals surface area contributed by atoms with Gasteiger partial charge in [-0.2, -0.15) is 0 Å². The minimum Gasteiger partial charge on any atom is -0.386 e. The smallest absolute Gasteiger partial charge is 0.161 e. The lowest BCUT2D eigenvalue weighted by atomic mass is 9.86. The summed E-state index contributed by atoms with van der Waals surface area (Å²) in [6.07, 6.45) is 0. The highest BCUT2D eigenvalue weighted by molar-refractivity contribution is 6.28. The summed E-state index contributed by atoms with van der Waals surface area (Å²) in [6.45, 7) is 7.83. The van der Waals surface area contributed by atoms with Gasteiger partial charge in [-0.15, -0.1) is 11.6 Å². The number of nitrogens with zero attached hydrogens (tertiary/aromatic N) is 1. The molecule has 3 nitrogen and oxygen atoms in total. The van der Waals surface area contributed by atoms with Crippen LogP contribution in [0.4, 0.5) is 5.69 Å². The topological polar surface area (TPSA) is 55.5 Å². The molecule has 1 rings (SSSR count). The van der Waals surface area contributed by atoms with Gasteiger partial charge in [-0.3, -0.25) is 4.79 Å². The lowest BCUT2D eigenvalue weighted by molar-refractivity contribution is 0.101. The van der Waals surface area contributed by atoms with Crippen molar-refractivity contribution in [1.29, 1.82) is 0 Å². The molecule has 0 unspecified atom stereocenters. The molecule has 0 aromatic heterocycles. The summed E-state index contributed by atoms with van der Waals surface area (Å²) < 4.78 is 0. The molecular formula is C14H19ClN2O. The van der Waals surface area contributed by atoms with Crippen LogP contribution in [0.2, 0.25) is 0 Å². The SMILES string of the molecule is CC(=O)c1ccc(C(C)(C)C)cc1N=C(N)CCl. The molecule has 1 aromatic carbocycles. The molecule has 0 aliphatic rings. The first-order valence-corrected chi connectivity index (χ1v) is 6.33. The molecule has 0 bridgehead atoms. The number of nitrogens with two attached hydrogens (primary N) is 1. The fourth-order valence-corrected chi connectivity index (χ4v) is 1.63. The zero-order chi connectivity index (χ0) is 13.9. The van der Waals surface area contributed by atoms with Gasteiger partial charge in [0.1, 0.15) is 5.84 Å². The molecule has 0 atom stereocenters. The fourth-order valence-electron chi connectivity index (χ4n) is 1.57. The van der Waals surface area contributed by atoms with E-state index in [0.29, 0.717) is 17.1 Å². The summed E-state index contributed by atoms with van der Waals surface area (Å²) in [5.41, 5.74) is 7.90.